The number of aryl methyl sites for hydroxylation is 1. The normalized spacial score (nSPS) is 9.35. The van der Waals surface area contributed by atoms with Gasteiger partial charge in [-0.25, -0.2) is 0 Å². The van der Waals surface area contributed by atoms with E-state index in [4.69, 9.17) is 15.3 Å². The highest BCUT2D eigenvalue weighted by atomic mass is 16.5. The Morgan fingerprint density at radius 1 is 1.20 bits per heavy atom. The fourth-order valence-corrected chi connectivity index (χ4v) is 1.68. The van der Waals surface area contributed by atoms with Crippen LogP contribution in [0, 0.1) is 29.6 Å². The van der Waals surface area contributed by atoms with Crippen LogP contribution in [0.25, 0.3) is 0 Å². The third kappa shape index (κ3) is 4.99. The Morgan fingerprint density at radius 3 is 2.35 bits per heavy atom. The Labute approximate surface area is 119 Å². The maximum Gasteiger partial charge on any atom is 0.260 e. The number of para-hydroxylation sites is 1. The number of ether oxygens (including phenoxy) is 1. The fraction of sp³-hybridized carbons (Fsp3) is 0.400. The van der Waals surface area contributed by atoms with E-state index in [0.717, 1.165) is 5.56 Å². The Morgan fingerprint density at radius 2 is 1.80 bits per heavy atom. The van der Waals surface area contributed by atoms with E-state index in [1.165, 1.54) is 4.90 Å². The SMILES string of the molecule is Cc1ccccc1OCC(=O)N(CCC#N)CCC#N. The van der Waals surface area contributed by atoms with Crippen molar-refractivity contribution in [2.75, 3.05) is 19.7 Å². The lowest BCUT2D eigenvalue weighted by atomic mass is 10.2. The quantitative estimate of drug-likeness (QED) is 0.760. The van der Waals surface area contributed by atoms with E-state index in [-0.39, 0.29) is 25.4 Å². The maximum absolute atomic E-state index is 12.0. The Balaban J connectivity index is 2.55. The lowest BCUT2D eigenvalue weighted by Gasteiger charge is -2.20. The van der Waals surface area contributed by atoms with Gasteiger partial charge in [-0.05, 0) is 18.6 Å². The summed E-state index contributed by atoms with van der Waals surface area (Å²) in [5.74, 6) is 0.458. The van der Waals surface area contributed by atoms with Gasteiger partial charge in [0.05, 0.1) is 25.0 Å². The van der Waals surface area contributed by atoms with Crippen molar-refractivity contribution in [2.45, 2.75) is 19.8 Å². The van der Waals surface area contributed by atoms with Crippen LogP contribution in [0.4, 0.5) is 0 Å². The topological polar surface area (TPSA) is 77.1 Å². The van der Waals surface area contributed by atoms with E-state index in [9.17, 15) is 4.79 Å². The molecule has 0 aromatic heterocycles. The van der Waals surface area contributed by atoms with Crippen molar-refractivity contribution in [3.05, 3.63) is 29.8 Å². The zero-order valence-electron chi connectivity index (χ0n) is 11.5. The number of hydrogen-bond acceptors (Lipinski definition) is 4. The number of nitrogens with zero attached hydrogens (tertiary/aromatic N) is 3. The van der Waals surface area contributed by atoms with E-state index in [1.54, 1.807) is 6.07 Å². The molecule has 0 aliphatic rings. The zero-order valence-corrected chi connectivity index (χ0v) is 11.5. The van der Waals surface area contributed by atoms with Gasteiger partial charge < -0.3 is 9.64 Å². The van der Waals surface area contributed by atoms with Gasteiger partial charge in [-0.3, -0.25) is 4.79 Å². The largest absolute Gasteiger partial charge is 0.484 e. The molecule has 0 heterocycles. The molecule has 0 bridgehead atoms. The predicted octanol–water partition coefficient (Wildman–Crippen LogP) is 2.03. The van der Waals surface area contributed by atoms with Gasteiger partial charge in [0.25, 0.3) is 5.91 Å². The minimum Gasteiger partial charge on any atom is -0.484 e. The van der Waals surface area contributed by atoms with Gasteiger partial charge in [-0.2, -0.15) is 10.5 Å². The van der Waals surface area contributed by atoms with Crippen molar-refractivity contribution in [2.24, 2.45) is 0 Å². The molecular formula is C15H17N3O2. The van der Waals surface area contributed by atoms with Crippen LogP contribution >= 0.6 is 0 Å². The van der Waals surface area contributed by atoms with Crippen molar-refractivity contribution in [3.8, 4) is 17.9 Å². The van der Waals surface area contributed by atoms with Crippen LogP contribution in [-0.2, 0) is 4.79 Å². The molecule has 20 heavy (non-hydrogen) atoms. The van der Waals surface area contributed by atoms with Gasteiger partial charge in [0.1, 0.15) is 5.75 Å². The average molecular weight is 271 g/mol. The molecule has 0 saturated carbocycles. The summed E-state index contributed by atoms with van der Waals surface area (Å²) in [5.41, 5.74) is 0.959. The van der Waals surface area contributed by atoms with E-state index < -0.39 is 0 Å². The van der Waals surface area contributed by atoms with Crippen LogP contribution < -0.4 is 4.74 Å². The summed E-state index contributed by atoms with van der Waals surface area (Å²) >= 11 is 0. The predicted molar refractivity (Wildman–Crippen MR) is 73.7 cm³/mol. The van der Waals surface area contributed by atoms with Gasteiger partial charge >= 0.3 is 0 Å². The second-order valence-electron chi connectivity index (χ2n) is 4.25. The number of nitriles is 2. The number of hydrogen-bond donors (Lipinski definition) is 0. The molecule has 5 nitrogen and oxygen atoms in total. The molecule has 1 rings (SSSR count). The molecule has 1 amide bonds. The van der Waals surface area contributed by atoms with E-state index >= 15 is 0 Å². The molecule has 0 spiro atoms. The lowest BCUT2D eigenvalue weighted by molar-refractivity contribution is -0.133. The highest BCUT2D eigenvalue weighted by molar-refractivity contribution is 5.77. The Bertz CT molecular complexity index is 511. The third-order valence-electron chi connectivity index (χ3n) is 2.78. The summed E-state index contributed by atoms with van der Waals surface area (Å²) in [5, 5.41) is 17.2. The van der Waals surface area contributed by atoms with Crippen LogP contribution in [-0.4, -0.2) is 30.5 Å². The minimum absolute atomic E-state index is 0.0816. The summed E-state index contributed by atoms with van der Waals surface area (Å²) in [4.78, 5) is 13.5. The van der Waals surface area contributed by atoms with Crippen LogP contribution in [0.5, 0.6) is 5.75 Å². The van der Waals surface area contributed by atoms with Gasteiger partial charge in [-0.1, -0.05) is 18.2 Å². The molecule has 5 heteroatoms. The first-order valence-electron chi connectivity index (χ1n) is 6.39. The summed E-state index contributed by atoms with van der Waals surface area (Å²) < 4.78 is 5.48. The number of carbonyl (C=O) groups is 1. The molecule has 0 saturated heterocycles. The monoisotopic (exact) mass is 271 g/mol. The summed E-state index contributed by atoms with van der Waals surface area (Å²) in [7, 11) is 0. The van der Waals surface area contributed by atoms with Crippen LogP contribution in [0.15, 0.2) is 24.3 Å². The zero-order chi connectivity index (χ0) is 14.8. The van der Waals surface area contributed by atoms with Gasteiger partial charge in [0, 0.05) is 13.1 Å². The van der Waals surface area contributed by atoms with Crippen molar-refractivity contribution < 1.29 is 9.53 Å². The van der Waals surface area contributed by atoms with Gasteiger partial charge in [0.2, 0.25) is 0 Å². The molecular weight excluding hydrogens is 254 g/mol. The molecule has 1 aromatic rings. The molecule has 0 fully saturated rings. The molecule has 0 radical (unpaired) electrons. The molecule has 104 valence electrons. The number of amides is 1. The molecule has 0 aliphatic heterocycles. The first-order valence-corrected chi connectivity index (χ1v) is 6.39. The molecule has 0 N–H and O–H groups in total. The van der Waals surface area contributed by atoms with E-state index in [1.807, 2.05) is 37.3 Å². The molecule has 0 aliphatic carbocycles. The highest BCUT2D eigenvalue weighted by Crippen LogP contribution is 2.16. The van der Waals surface area contributed by atoms with Crippen molar-refractivity contribution in [1.82, 2.24) is 4.90 Å². The number of carbonyl (C=O) groups excluding carboxylic acids is 1. The summed E-state index contributed by atoms with van der Waals surface area (Å²) in [6.45, 7) is 2.48. The standard InChI is InChI=1S/C15H17N3O2/c1-13-6-2-3-7-14(13)20-12-15(19)18(10-4-8-16)11-5-9-17/h2-3,6-7H,4-5,10-12H2,1H3. The third-order valence-corrected chi connectivity index (χ3v) is 2.78. The highest BCUT2D eigenvalue weighted by Gasteiger charge is 2.14. The maximum atomic E-state index is 12.0. The molecule has 1 aromatic carbocycles. The summed E-state index contributed by atoms with van der Waals surface area (Å²) in [6, 6.07) is 11.4. The number of rotatable bonds is 7. The van der Waals surface area contributed by atoms with Crippen LogP contribution in [0.3, 0.4) is 0 Å². The Hall–Kier alpha value is -2.53. The molecule has 0 atom stereocenters. The average Bonchev–Trinajstić information content (AvgIpc) is 2.46. The van der Waals surface area contributed by atoms with Gasteiger partial charge in [0.15, 0.2) is 6.61 Å². The smallest absolute Gasteiger partial charge is 0.260 e. The first kappa shape index (κ1) is 15.5. The first-order chi connectivity index (χ1) is 9.69. The van der Waals surface area contributed by atoms with Crippen LogP contribution in [0.2, 0.25) is 0 Å². The summed E-state index contributed by atoms with van der Waals surface area (Å²) in [6.07, 6.45) is 0.503. The van der Waals surface area contributed by atoms with Crippen molar-refractivity contribution in [1.29, 1.82) is 10.5 Å². The fourth-order valence-electron chi connectivity index (χ4n) is 1.68. The van der Waals surface area contributed by atoms with Crippen molar-refractivity contribution >= 4 is 5.91 Å². The van der Waals surface area contributed by atoms with Crippen LogP contribution in [0.1, 0.15) is 18.4 Å². The van der Waals surface area contributed by atoms with Crippen molar-refractivity contribution in [3.63, 3.8) is 0 Å². The second-order valence-corrected chi connectivity index (χ2v) is 4.25. The van der Waals surface area contributed by atoms with E-state index in [0.29, 0.717) is 18.8 Å². The van der Waals surface area contributed by atoms with E-state index in [2.05, 4.69) is 0 Å². The minimum atomic E-state index is -0.209. The molecule has 0 unspecified atom stereocenters. The number of benzene rings is 1. The lowest BCUT2D eigenvalue weighted by Crippen LogP contribution is -2.36. The second kappa shape index (κ2) is 8.55. The Kier molecular flexibility index (Phi) is 6.64. The van der Waals surface area contributed by atoms with Gasteiger partial charge in [-0.15, -0.1) is 0 Å².